The number of nitrogens with one attached hydrogen (secondary N) is 6. The van der Waals surface area contributed by atoms with Gasteiger partial charge in [0.15, 0.2) is 21.4 Å². The Bertz CT molecular complexity index is 3580. The molecule has 3 aliphatic rings. The molecule has 82 heavy (non-hydrogen) atoms. The van der Waals surface area contributed by atoms with E-state index >= 15 is 0 Å². The molecule has 0 saturated carbocycles. The van der Waals surface area contributed by atoms with Crippen molar-refractivity contribution >= 4 is 84.2 Å². The third kappa shape index (κ3) is 12.5. The Balaban J connectivity index is 0.821. The Morgan fingerprint density at radius 3 is 1.89 bits per heavy atom. The number of nitrogens with zero attached hydrogens (tertiary/aromatic N) is 1. The van der Waals surface area contributed by atoms with Crippen molar-refractivity contribution in [1.82, 2.24) is 31.5 Å². The topological polar surface area (TPSA) is 334 Å². The maximum atomic E-state index is 13.9. The molecule has 5 unspecified atom stereocenters. The summed E-state index contributed by atoms with van der Waals surface area (Å²) in [5.41, 5.74) is 8.99. The first-order valence-electron chi connectivity index (χ1n) is 26.3. The molecule has 0 spiro atoms. The van der Waals surface area contributed by atoms with Gasteiger partial charge in [0.1, 0.15) is 41.7 Å². The molecule has 8 rings (SSSR count). The molecule has 1 saturated heterocycles. The Labute approximate surface area is 473 Å². The van der Waals surface area contributed by atoms with E-state index in [2.05, 4.69) is 41.1 Å². The van der Waals surface area contributed by atoms with E-state index in [9.17, 15) is 55.2 Å². The number of hydrogen-bond donors (Lipinski definition) is 7. The number of carbonyl (C=O) groups excluding carboxylic acids is 8. The molecule has 0 aromatic heterocycles. The average molecular weight is 1160 g/mol. The van der Waals surface area contributed by atoms with Gasteiger partial charge in [-0.05, 0) is 86.1 Å². The first kappa shape index (κ1) is 59.6. The first-order chi connectivity index (χ1) is 38.9. The molecule has 23 nitrogen and oxygen atoms in total. The van der Waals surface area contributed by atoms with E-state index in [4.69, 9.17) is 10.5 Å². The maximum Gasteiger partial charge on any atom is 0.407 e. The molecule has 1 fully saturated rings. The minimum atomic E-state index is -4.76. The highest BCUT2D eigenvalue weighted by molar-refractivity contribution is 7.91. The van der Waals surface area contributed by atoms with Crippen LogP contribution in [-0.4, -0.2) is 132 Å². The number of sulfone groups is 1. The van der Waals surface area contributed by atoms with Crippen LogP contribution in [0.1, 0.15) is 96.3 Å². The molecular formula is C57H62N8O15S2. The molecule has 5 atom stereocenters. The quantitative estimate of drug-likeness (QED) is 0.0304. The summed E-state index contributed by atoms with van der Waals surface area (Å²) in [5.74, 6) is -6.08. The number of ether oxygens (including phenoxy) is 1. The lowest BCUT2D eigenvalue weighted by Gasteiger charge is -2.30. The number of benzene rings is 5. The number of nitrogen functional groups attached to an aromatic ring is 1. The first-order valence-corrected chi connectivity index (χ1v) is 29.3. The van der Waals surface area contributed by atoms with Crippen LogP contribution in [0.5, 0.6) is 0 Å². The average Bonchev–Trinajstić information content (AvgIpc) is 4.13. The molecule has 1 heterocycles. The summed E-state index contributed by atoms with van der Waals surface area (Å²) in [5, 5.41) is 15.7. The normalized spacial score (nSPS) is 16.1. The van der Waals surface area contributed by atoms with Crippen molar-refractivity contribution in [2.75, 3.05) is 43.6 Å². The van der Waals surface area contributed by atoms with Gasteiger partial charge in [-0.3, -0.25) is 33.6 Å². The summed E-state index contributed by atoms with van der Waals surface area (Å²) in [4.78, 5) is 113. The largest absolute Gasteiger partial charge is 0.449 e. The van der Waals surface area contributed by atoms with Gasteiger partial charge in [0.05, 0.1) is 40.3 Å². The predicted octanol–water partition coefficient (Wildman–Crippen LogP) is 4.01. The number of carbonyl (C=O) groups is 8. The van der Waals surface area contributed by atoms with E-state index in [-0.39, 0.29) is 58.5 Å². The Morgan fingerprint density at radius 1 is 0.683 bits per heavy atom. The predicted molar refractivity (Wildman–Crippen MR) is 299 cm³/mol. The summed E-state index contributed by atoms with van der Waals surface area (Å²) in [6, 6.07) is 22.2. The molecule has 8 N–H and O–H groups in total. The summed E-state index contributed by atoms with van der Waals surface area (Å²) in [6.45, 7) is 7.40. The fourth-order valence-electron chi connectivity index (χ4n) is 10.2. The number of anilines is 3. The van der Waals surface area contributed by atoms with Gasteiger partial charge in [0.2, 0.25) is 29.5 Å². The van der Waals surface area contributed by atoms with Crippen molar-refractivity contribution in [3.05, 3.63) is 137 Å². The van der Waals surface area contributed by atoms with Gasteiger partial charge in [-0.2, -0.15) is 8.42 Å². The van der Waals surface area contributed by atoms with E-state index < -0.39 is 132 Å². The van der Waals surface area contributed by atoms with Gasteiger partial charge in [0.25, 0.3) is 0 Å². The molecule has 25 heteroatoms. The second-order valence-corrected chi connectivity index (χ2v) is 23.9. The summed E-state index contributed by atoms with van der Waals surface area (Å²) in [7, 11) is -8.00. The number of hydrogen-bond acceptors (Lipinski definition) is 17. The number of amides is 6. The zero-order valence-corrected chi connectivity index (χ0v) is 47.2. The van der Waals surface area contributed by atoms with Crippen molar-refractivity contribution < 1.29 is 69.2 Å². The number of alkyl carbamates (subject to hydrolysis) is 1. The SMILES string of the molecule is COOS(=O)(=O)c1cc(Nc2cccc(S(=O)(=O)CCNC(=O)C(C)NC(=O)C(NC(=O)C3CCCN3C(=O)C(C)NC(=O)C(C)NC(=O)OCC3c4ccccc4-c4ccccc43)C(C)C)c2)c2c(c1N)C(=O)c1ccccc1C2=O. The van der Waals surface area contributed by atoms with E-state index in [0.29, 0.717) is 6.42 Å². The zero-order valence-electron chi connectivity index (χ0n) is 45.6. The third-order valence-electron chi connectivity index (χ3n) is 14.4. The van der Waals surface area contributed by atoms with Crippen LogP contribution in [0.15, 0.2) is 113 Å². The Kier molecular flexibility index (Phi) is 17.9. The molecular weight excluding hydrogens is 1100 g/mol. The summed E-state index contributed by atoms with van der Waals surface area (Å²) >= 11 is 0. The van der Waals surface area contributed by atoms with Crippen LogP contribution in [-0.2, 0) is 57.9 Å². The summed E-state index contributed by atoms with van der Waals surface area (Å²) in [6.07, 6.45) is -0.111. The minimum Gasteiger partial charge on any atom is -0.449 e. The smallest absolute Gasteiger partial charge is 0.407 e. The van der Waals surface area contributed by atoms with Crippen LogP contribution in [0.25, 0.3) is 11.1 Å². The monoisotopic (exact) mass is 1160 g/mol. The number of ketones is 2. The fourth-order valence-corrected chi connectivity index (χ4v) is 12.3. The van der Waals surface area contributed by atoms with Crippen molar-refractivity contribution in [3.8, 4) is 11.1 Å². The van der Waals surface area contributed by atoms with Gasteiger partial charge >= 0.3 is 16.2 Å². The van der Waals surface area contributed by atoms with Gasteiger partial charge in [-0.15, -0.1) is 4.33 Å². The van der Waals surface area contributed by atoms with Gasteiger partial charge in [0, 0.05) is 35.8 Å². The Morgan fingerprint density at radius 2 is 1.27 bits per heavy atom. The zero-order chi connectivity index (χ0) is 59.4. The van der Waals surface area contributed by atoms with Crippen molar-refractivity contribution in [2.45, 2.75) is 93.4 Å². The van der Waals surface area contributed by atoms with Crippen LogP contribution in [0, 0.1) is 5.92 Å². The highest BCUT2D eigenvalue weighted by Crippen LogP contribution is 2.45. The number of rotatable bonds is 21. The second kappa shape index (κ2) is 24.7. The maximum absolute atomic E-state index is 13.9. The minimum absolute atomic E-state index is 0.0160. The lowest BCUT2D eigenvalue weighted by molar-refractivity contribution is -0.172. The third-order valence-corrected chi connectivity index (χ3v) is 17.3. The van der Waals surface area contributed by atoms with E-state index in [1.165, 1.54) is 68.1 Å². The molecule has 5 aromatic carbocycles. The molecule has 2 aliphatic carbocycles. The highest BCUT2D eigenvalue weighted by atomic mass is 32.2. The number of likely N-dealkylation sites (tertiary alicyclic amines) is 1. The van der Waals surface area contributed by atoms with Crippen LogP contribution in [0.3, 0.4) is 0 Å². The van der Waals surface area contributed by atoms with Gasteiger partial charge < -0.3 is 47.3 Å². The lowest BCUT2D eigenvalue weighted by atomic mass is 9.82. The van der Waals surface area contributed by atoms with Crippen LogP contribution in [0.2, 0.25) is 0 Å². The fraction of sp³-hybridized carbons (Fsp3) is 0.333. The highest BCUT2D eigenvalue weighted by Gasteiger charge is 2.40. The van der Waals surface area contributed by atoms with E-state index in [1.807, 2.05) is 48.5 Å². The van der Waals surface area contributed by atoms with Crippen molar-refractivity contribution in [2.24, 2.45) is 5.92 Å². The second-order valence-electron chi connectivity index (χ2n) is 20.3. The molecule has 6 amide bonds. The number of fused-ring (bicyclic) bond motifs is 5. The molecule has 5 aromatic rings. The molecule has 0 bridgehead atoms. The van der Waals surface area contributed by atoms with E-state index in [1.54, 1.807) is 19.9 Å². The van der Waals surface area contributed by atoms with Crippen LogP contribution >= 0.6 is 0 Å². The summed E-state index contributed by atoms with van der Waals surface area (Å²) < 4.78 is 63.5. The van der Waals surface area contributed by atoms with Crippen LogP contribution in [0.4, 0.5) is 21.9 Å². The van der Waals surface area contributed by atoms with Crippen molar-refractivity contribution in [3.63, 3.8) is 0 Å². The standard InChI is InChI=1S/C57H62N8O15S2/c1-30(2)49(64-54(70)44-23-14-25-65(44)56(72)33(5)61-53(69)32(4)62-57(73)79-29-42-38-19-9-7-17-36(38)37-18-8-10-20-39(37)42)55(71)60-31(3)52(68)59-24-26-81(74,75)35-16-13-15-34(27-35)63-43-28-45(82(76,77)80-78-6)48(58)47-46(43)50(66)40-21-11-12-22-41(40)51(47)67/h7-13,15-22,27-28,30-33,42,44,49,63H,14,23-26,29,58H2,1-6H3,(H,59,68)(H,60,71)(H,61,69)(H,62,73)(H,64,70). The molecule has 432 valence electrons. The molecule has 1 aliphatic heterocycles. The number of nitrogens with two attached hydrogens (primary N) is 1. The lowest BCUT2D eigenvalue weighted by Crippen LogP contribution is -2.59. The van der Waals surface area contributed by atoms with Gasteiger partial charge in [-0.25, -0.2) is 18.1 Å². The van der Waals surface area contributed by atoms with Gasteiger partial charge in [-0.1, -0.05) is 92.7 Å². The Hall–Kier alpha value is -8.52. The van der Waals surface area contributed by atoms with Crippen molar-refractivity contribution in [1.29, 1.82) is 0 Å². The van der Waals surface area contributed by atoms with Crippen LogP contribution < -0.4 is 37.6 Å². The molecule has 0 radical (unpaired) electrons. The van der Waals surface area contributed by atoms with E-state index in [0.717, 1.165) is 35.4 Å².